The summed E-state index contributed by atoms with van der Waals surface area (Å²) in [7, 11) is 0. The number of fused-ring (bicyclic) bond motifs is 1. The lowest BCUT2D eigenvalue weighted by molar-refractivity contribution is 0.120. The first-order chi connectivity index (χ1) is 11.3. The first kappa shape index (κ1) is 14.3. The Labute approximate surface area is 136 Å². The van der Waals surface area contributed by atoms with Gasteiger partial charge in [0, 0.05) is 24.9 Å². The Hall–Kier alpha value is -2.33. The third-order valence-electron chi connectivity index (χ3n) is 4.35. The van der Waals surface area contributed by atoms with Gasteiger partial charge in [-0.05, 0) is 37.5 Å². The highest BCUT2D eigenvalue weighted by atomic mass is 16.5. The molecule has 0 aliphatic carbocycles. The molecule has 1 aromatic carbocycles. The van der Waals surface area contributed by atoms with E-state index in [1.807, 2.05) is 6.07 Å². The molecule has 0 radical (unpaired) electrons. The summed E-state index contributed by atoms with van der Waals surface area (Å²) < 4.78 is 7.87. The van der Waals surface area contributed by atoms with E-state index in [-0.39, 0.29) is 0 Å². The molecule has 2 aromatic heterocycles. The summed E-state index contributed by atoms with van der Waals surface area (Å²) >= 11 is 0. The molecule has 1 aliphatic rings. The molecular weight excluding hydrogens is 286 g/mol. The number of hydrogen-bond donors (Lipinski definition) is 1. The van der Waals surface area contributed by atoms with Crippen molar-refractivity contribution in [2.75, 3.05) is 18.5 Å². The minimum absolute atomic E-state index is 0.301. The number of aromatic nitrogens is 2. The highest BCUT2D eigenvalue weighted by molar-refractivity contribution is 5.76. The Morgan fingerprint density at radius 1 is 1.26 bits per heavy atom. The van der Waals surface area contributed by atoms with Gasteiger partial charge in [-0.15, -0.1) is 0 Å². The first-order valence-corrected chi connectivity index (χ1v) is 8.21. The number of ether oxygens (including phenoxy) is 1. The van der Waals surface area contributed by atoms with Crippen molar-refractivity contribution in [3.8, 4) is 11.3 Å². The van der Waals surface area contributed by atoms with Gasteiger partial charge < -0.3 is 10.1 Å². The molecule has 0 bridgehead atoms. The Balaban J connectivity index is 1.75. The molecule has 0 unspecified atom stereocenters. The fourth-order valence-corrected chi connectivity index (χ4v) is 3.13. The van der Waals surface area contributed by atoms with Gasteiger partial charge in [-0.25, -0.2) is 4.98 Å². The lowest BCUT2D eigenvalue weighted by Gasteiger charge is -2.13. The molecule has 1 aliphatic heterocycles. The Morgan fingerprint density at radius 2 is 2.13 bits per heavy atom. The summed E-state index contributed by atoms with van der Waals surface area (Å²) in [4.78, 5) is 4.85. The molecule has 0 spiro atoms. The van der Waals surface area contributed by atoms with Crippen molar-refractivity contribution in [3.05, 3.63) is 54.2 Å². The maximum Gasteiger partial charge on any atom is 0.139 e. The van der Waals surface area contributed by atoms with Crippen LogP contribution in [-0.2, 0) is 4.74 Å². The van der Waals surface area contributed by atoms with Gasteiger partial charge in [0.15, 0.2) is 0 Å². The number of aryl methyl sites for hydroxylation is 1. The van der Waals surface area contributed by atoms with E-state index in [9.17, 15) is 0 Å². The zero-order valence-electron chi connectivity index (χ0n) is 13.3. The molecule has 3 aromatic rings. The third kappa shape index (κ3) is 2.82. The number of rotatable bonds is 4. The lowest BCUT2D eigenvalue weighted by atomic mass is 10.1. The average Bonchev–Trinajstić information content (AvgIpc) is 3.20. The smallest absolute Gasteiger partial charge is 0.139 e. The topological polar surface area (TPSA) is 38.6 Å². The van der Waals surface area contributed by atoms with Crippen LogP contribution in [-0.4, -0.2) is 28.6 Å². The normalized spacial score (nSPS) is 17.7. The third-order valence-corrected chi connectivity index (χ3v) is 4.35. The van der Waals surface area contributed by atoms with Crippen molar-refractivity contribution in [3.63, 3.8) is 0 Å². The van der Waals surface area contributed by atoms with Crippen LogP contribution in [0.5, 0.6) is 0 Å². The van der Waals surface area contributed by atoms with Gasteiger partial charge in [0.1, 0.15) is 17.2 Å². The molecule has 23 heavy (non-hydrogen) atoms. The molecular formula is C19H21N3O. The molecule has 4 heteroatoms. The summed E-state index contributed by atoms with van der Waals surface area (Å²) in [6.45, 7) is 3.79. The number of hydrogen-bond acceptors (Lipinski definition) is 3. The van der Waals surface area contributed by atoms with Crippen LogP contribution in [0.3, 0.4) is 0 Å². The Kier molecular flexibility index (Phi) is 3.75. The van der Waals surface area contributed by atoms with Crippen LogP contribution >= 0.6 is 0 Å². The maximum absolute atomic E-state index is 5.74. The van der Waals surface area contributed by atoms with Crippen LogP contribution in [0.4, 0.5) is 5.82 Å². The Morgan fingerprint density at radius 3 is 2.91 bits per heavy atom. The SMILES string of the molecule is Cc1ccn2c(NC[C@@H]3CCCO3)c(-c3ccccc3)nc2c1. The van der Waals surface area contributed by atoms with Gasteiger partial charge in [0.25, 0.3) is 0 Å². The zero-order chi connectivity index (χ0) is 15.6. The molecule has 0 amide bonds. The van der Waals surface area contributed by atoms with E-state index >= 15 is 0 Å². The number of pyridine rings is 1. The van der Waals surface area contributed by atoms with Gasteiger partial charge in [-0.2, -0.15) is 0 Å². The largest absolute Gasteiger partial charge is 0.376 e. The van der Waals surface area contributed by atoms with Crippen molar-refractivity contribution >= 4 is 11.5 Å². The Bertz CT molecular complexity index is 804. The van der Waals surface area contributed by atoms with E-state index in [0.29, 0.717) is 6.10 Å². The number of nitrogens with zero attached hydrogens (tertiary/aromatic N) is 2. The average molecular weight is 307 g/mol. The fraction of sp³-hybridized carbons (Fsp3) is 0.316. The van der Waals surface area contributed by atoms with E-state index < -0.39 is 0 Å². The van der Waals surface area contributed by atoms with Crippen molar-refractivity contribution in [2.24, 2.45) is 0 Å². The highest BCUT2D eigenvalue weighted by Crippen LogP contribution is 2.29. The van der Waals surface area contributed by atoms with E-state index in [1.165, 1.54) is 5.56 Å². The van der Waals surface area contributed by atoms with Crippen LogP contribution in [0.2, 0.25) is 0 Å². The number of nitrogens with one attached hydrogen (secondary N) is 1. The van der Waals surface area contributed by atoms with Gasteiger partial charge in [0.05, 0.1) is 6.10 Å². The lowest BCUT2D eigenvalue weighted by Crippen LogP contribution is -2.19. The molecule has 1 fully saturated rings. The van der Waals surface area contributed by atoms with Gasteiger partial charge in [-0.3, -0.25) is 4.40 Å². The van der Waals surface area contributed by atoms with Crippen molar-refractivity contribution in [1.82, 2.24) is 9.38 Å². The van der Waals surface area contributed by atoms with Gasteiger partial charge >= 0.3 is 0 Å². The second-order valence-electron chi connectivity index (χ2n) is 6.12. The molecule has 4 nitrogen and oxygen atoms in total. The standard InChI is InChI=1S/C19H21N3O/c1-14-9-10-22-17(12-14)21-18(15-6-3-2-4-7-15)19(22)20-13-16-8-5-11-23-16/h2-4,6-7,9-10,12,16,20H,5,8,11,13H2,1H3/t16-/m0/s1. The van der Waals surface area contributed by atoms with Gasteiger partial charge in [-0.1, -0.05) is 30.3 Å². The minimum Gasteiger partial charge on any atom is -0.376 e. The molecule has 3 heterocycles. The summed E-state index contributed by atoms with van der Waals surface area (Å²) in [5.74, 6) is 1.04. The molecule has 1 saturated heterocycles. The van der Waals surface area contributed by atoms with E-state index in [1.54, 1.807) is 0 Å². The van der Waals surface area contributed by atoms with E-state index in [2.05, 4.69) is 59.2 Å². The zero-order valence-corrected chi connectivity index (χ0v) is 13.3. The highest BCUT2D eigenvalue weighted by Gasteiger charge is 2.18. The molecule has 1 atom stereocenters. The van der Waals surface area contributed by atoms with E-state index in [0.717, 1.165) is 48.7 Å². The van der Waals surface area contributed by atoms with Gasteiger partial charge in [0.2, 0.25) is 0 Å². The van der Waals surface area contributed by atoms with Crippen molar-refractivity contribution in [2.45, 2.75) is 25.9 Å². The second kappa shape index (κ2) is 6.05. The number of anilines is 1. The van der Waals surface area contributed by atoms with Crippen LogP contribution < -0.4 is 5.32 Å². The summed E-state index contributed by atoms with van der Waals surface area (Å²) in [5.41, 5.74) is 4.31. The summed E-state index contributed by atoms with van der Waals surface area (Å²) in [6.07, 6.45) is 4.67. The number of benzene rings is 1. The number of imidazole rings is 1. The predicted octanol–water partition coefficient (Wildman–Crippen LogP) is 3.90. The molecule has 1 N–H and O–H groups in total. The molecule has 118 valence electrons. The van der Waals surface area contributed by atoms with Crippen molar-refractivity contribution < 1.29 is 4.74 Å². The molecule has 4 rings (SSSR count). The maximum atomic E-state index is 5.74. The first-order valence-electron chi connectivity index (χ1n) is 8.21. The minimum atomic E-state index is 0.301. The van der Waals surface area contributed by atoms with E-state index in [4.69, 9.17) is 9.72 Å². The van der Waals surface area contributed by atoms with Crippen LogP contribution in [0.1, 0.15) is 18.4 Å². The van der Waals surface area contributed by atoms with Crippen LogP contribution in [0.25, 0.3) is 16.9 Å². The molecule has 0 saturated carbocycles. The second-order valence-corrected chi connectivity index (χ2v) is 6.12. The van der Waals surface area contributed by atoms with Crippen LogP contribution in [0, 0.1) is 6.92 Å². The monoisotopic (exact) mass is 307 g/mol. The quantitative estimate of drug-likeness (QED) is 0.794. The van der Waals surface area contributed by atoms with Crippen LogP contribution in [0.15, 0.2) is 48.7 Å². The predicted molar refractivity (Wildman–Crippen MR) is 92.8 cm³/mol. The van der Waals surface area contributed by atoms with Crippen molar-refractivity contribution in [1.29, 1.82) is 0 Å². The summed E-state index contributed by atoms with van der Waals surface area (Å²) in [5, 5.41) is 3.57. The fourth-order valence-electron chi connectivity index (χ4n) is 3.13. The summed E-state index contributed by atoms with van der Waals surface area (Å²) in [6, 6.07) is 14.6.